The Bertz CT molecular complexity index is 1220. The van der Waals surface area contributed by atoms with Crippen LogP contribution in [-0.4, -0.2) is 45.8 Å². The van der Waals surface area contributed by atoms with Gasteiger partial charge in [0.2, 0.25) is 0 Å². The van der Waals surface area contributed by atoms with Gasteiger partial charge in [0.25, 0.3) is 5.91 Å². The molecule has 1 aliphatic heterocycles. The van der Waals surface area contributed by atoms with Crippen molar-refractivity contribution >= 4 is 28.0 Å². The Labute approximate surface area is 175 Å². The third kappa shape index (κ3) is 3.09. The van der Waals surface area contributed by atoms with Crippen molar-refractivity contribution < 1.29 is 4.79 Å². The summed E-state index contributed by atoms with van der Waals surface area (Å²) < 4.78 is 2.10. The predicted octanol–water partition coefficient (Wildman–Crippen LogP) is 4.32. The number of likely N-dealkylation sites (tertiary alicyclic amines) is 1. The molecule has 1 atom stereocenters. The molecule has 0 aliphatic carbocycles. The van der Waals surface area contributed by atoms with Gasteiger partial charge >= 0.3 is 0 Å². The molecule has 0 bridgehead atoms. The Kier molecular flexibility index (Phi) is 4.62. The van der Waals surface area contributed by atoms with Crippen molar-refractivity contribution in [3.05, 3.63) is 72.4 Å². The van der Waals surface area contributed by atoms with E-state index in [2.05, 4.69) is 21.6 Å². The van der Waals surface area contributed by atoms with Gasteiger partial charge in [-0.05, 0) is 42.8 Å². The van der Waals surface area contributed by atoms with E-state index >= 15 is 0 Å². The molecule has 0 saturated carbocycles. The minimum Gasteiger partial charge on any atom is -0.361 e. The maximum absolute atomic E-state index is 13.6. The highest BCUT2D eigenvalue weighted by atomic mass is 16.2. The van der Waals surface area contributed by atoms with Crippen molar-refractivity contribution in [2.24, 2.45) is 0 Å². The van der Waals surface area contributed by atoms with Gasteiger partial charge in [0.1, 0.15) is 5.69 Å². The van der Waals surface area contributed by atoms with Crippen molar-refractivity contribution in [1.29, 1.82) is 0 Å². The van der Waals surface area contributed by atoms with Gasteiger partial charge in [0, 0.05) is 44.6 Å². The molecule has 0 spiro atoms. The predicted molar refractivity (Wildman–Crippen MR) is 119 cm³/mol. The molecule has 0 N–H and O–H groups in total. The van der Waals surface area contributed by atoms with E-state index in [1.807, 2.05) is 66.5 Å². The fourth-order valence-corrected chi connectivity index (χ4v) is 4.44. The molecule has 30 heavy (non-hydrogen) atoms. The quantitative estimate of drug-likeness (QED) is 0.515. The van der Waals surface area contributed by atoms with Crippen molar-refractivity contribution in [3.8, 4) is 0 Å². The first-order chi connectivity index (χ1) is 14.6. The summed E-state index contributed by atoms with van der Waals surface area (Å²) in [6.45, 7) is 0.719. The third-order valence-corrected chi connectivity index (χ3v) is 5.92. The minimum absolute atomic E-state index is 0.0164. The van der Waals surface area contributed by atoms with Gasteiger partial charge < -0.3 is 14.2 Å². The van der Waals surface area contributed by atoms with Crippen LogP contribution in [0.25, 0.3) is 16.3 Å². The lowest BCUT2D eigenvalue weighted by Crippen LogP contribution is -2.39. The molecular formula is C24H25N5O. The van der Waals surface area contributed by atoms with Gasteiger partial charge in [-0.3, -0.25) is 9.78 Å². The van der Waals surface area contributed by atoms with E-state index in [1.54, 1.807) is 6.20 Å². The number of anilines is 1. The Hall–Kier alpha value is -3.41. The molecule has 0 radical (unpaired) electrons. The first kappa shape index (κ1) is 18.6. The van der Waals surface area contributed by atoms with Crippen LogP contribution >= 0.6 is 0 Å². The van der Waals surface area contributed by atoms with E-state index in [1.165, 1.54) is 0 Å². The smallest absolute Gasteiger partial charge is 0.273 e. The van der Waals surface area contributed by atoms with Crippen LogP contribution in [0.3, 0.4) is 0 Å². The molecule has 6 nitrogen and oxygen atoms in total. The average Bonchev–Trinajstić information content (AvgIpc) is 3.26. The number of hydrogen-bond donors (Lipinski definition) is 0. The van der Waals surface area contributed by atoms with Crippen LogP contribution in [0.15, 0.2) is 61.1 Å². The first-order valence-electron chi connectivity index (χ1n) is 10.4. The molecular weight excluding hydrogens is 374 g/mol. The average molecular weight is 399 g/mol. The summed E-state index contributed by atoms with van der Waals surface area (Å²) in [4.78, 5) is 27.1. The van der Waals surface area contributed by atoms with Gasteiger partial charge in [-0.15, -0.1) is 0 Å². The normalized spacial score (nSPS) is 16.9. The summed E-state index contributed by atoms with van der Waals surface area (Å²) in [5.74, 6) is 0.899. The molecule has 4 aromatic rings. The van der Waals surface area contributed by atoms with Crippen LogP contribution in [-0.2, 0) is 0 Å². The van der Waals surface area contributed by atoms with E-state index in [0.717, 1.165) is 53.6 Å². The second-order valence-electron chi connectivity index (χ2n) is 8.08. The van der Waals surface area contributed by atoms with Gasteiger partial charge in [0.05, 0.1) is 17.3 Å². The van der Waals surface area contributed by atoms with Crippen molar-refractivity contribution in [3.63, 3.8) is 0 Å². The Morgan fingerprint density at radius 1 is 1.10 bits per heavy atom. The van der Waals surface area contributed by atoms with Crippen LogP contribution in [0.4, 0.5) is 5.82 Å². The van der Waals surface area contributed by atoms with Crippen LogP contribution < -0.4 is 4.90 Å². The van der Waals surface area contributed by atoms with E-state index in [-0.39, 0.29) is 11.9 Å². The molecule has 152 valence electrons. The number of nitrogens with zero attached hydrogens (tertiary/aromatic N) is 5. The van der Waals surface area contributed by atoms with Gasteiger partial charge in [-0.2, -0.15) is 0 Å². The molecule has 3 aromatic heterocycles. The van der Waals surface area contributed by atoms with E-state index in [9.17, 15) is 4.79 Å². The zero-order valence-corrected chi connectivity index (χ0v) is 17.3. The molecule has 5 rings (SSSR count). The number of aromatic nitrogens is 3. The molecule has 1 fully saturated rings. The van der Waals surface area contributed by atoms with Gasteiger partial charge in [0.15, 0.2) is 5.82 Å². The lowest BCUT2D eigenvalue weighted by Gasteiger charge is -2.35. The topological polar surface area (TPSA) is 53.7 Å². The number of rotatable bonds is 3. The van der Waals surface area contributed by atoms with E-state index in [0.29, 0.717) is 5.69 Å². The number of carbonyl (C=O) groups is 1. The molecule has 4 heterocycles. The second-order valence-corrected chi connectivity index (χ2v) is 8.08. The number of fused-ring (bicyclic) bond motifs is 2. The van der Waals surface area contributed by atoms with Crippen molar-refractivity contribution in [2.45, 2.75) is 25.3 Å². The number of carbonyl (C=O) groups excluding carboxylic acids is 1. The maximum Gasteiger partial charge on any atom is 0.273 e. The lowest BCUT2D eigenvalue weighted by atomic mass is 9.98. The summed E-state index contributed by atoms with van der Waals surface area (Å²) in [6.07, 6.45) is 8.81. The monoisotopic (exact) mass is 399 g/mol. The zero-order valence-electron chi connectivity index (χ0n) is 17.3. The van der Waals surface area contributed by atoms with Crippen molar-refractivity contribution in [2.75, 3.05) is 25.5 Å². The van der Waals surface area contributed by atoms with Crippen molar-refractivity contribution in [1.82, 2.24) is 19.3 Å². The molecule has 6 heteroatoms. The zero-order chi connectivity index (χ0) is 20.7. The fourth-order valence-electron chi connectivity index (χ4n) is 4.44. The Balaban J connectivity index is 1.58. The van der Waals surface area contributed by atoms with Crippen LogP contribution in [0.1, 0.15) is 41.5 Å². The molecule has 1 aliphatic rings. The minimum atomic E-state index is -0.0579. The lowest BCUT2D eigenvalue weighted by molar-refractivity contribution is 0.0602. The second kappa shape index (κ2) is 7.44. The molecule has 1 amide bonds. The summed E-state index contributed by atoms with van der Waals surface area (Å²) in [5, 5.41) is 1.93. The largest absolute Gasteiger partial charge is 0.361 e. The Morgan fingerprint density at radius 2 is 1.97 bits per heavy atom. The highest BCUT2D eigenvalue weighted by Crippen LogP contribution is 2.33. The summed E-state index contributed by atoms with van der Waals surface area (Å²) in [5.41, 5.74) is 2.51. The van der Waals surface area contributed by atoms with Crippen LogP contribution in [0.5, 0.6) is 0 Å². The molecule has 1 saturated heterocycles. The summed E-state index contributed by atoms with van der Waals surface area (Å²) >= 11 is 0. The number of hydrogen-bond acceptors (Lipinski definition) is 4. The van der Waals surface area contributed by atoms with E-state index < -0.39 is 0 Å². The van der Waals surface area contributed by atoms with E-state index in [4.69, 9.17) is 4.98 Å². The van der Waals surface area contributed by atoms with Gasteiger partial charge in [-0.25, -0.2) is 4.98 Å². The number of benzene rings is 1. The van der Waals surface area contributed by atoms with Gasteiger partial charge in [-0.1, -0.05) is 24.3 Å². The van der Waals surface area contributed by atoms with Crippen LogP contribution in [0, 0.1) is 0 Å². The fraction of sp³-hybridized carbons (Fsp3) is 0.292. The number of pyridine rings is 1. The highest BCUT2D eigenvalue weighted by Gasteiger charge is 2.32. The molecule has 0 unspecified atom stereocenters. The SMILES string of the molecule is CN(C)c1nc([C@H]2CCCCN2C(=O)c2nccc3ccccc23)cn2cccc12. The number of piperidine rings is 1. The van der Waals surface area contributed by atoms with Crippen LogP contribution in [0.2, 0.25) is 0 Å². The number of amides is 1. The summed E-state index contributed by atoms with van der Waals surface area (Å²) in [7, 11) is 4.01. The maximum atomic E-state index is 13.6. The highest BCUT2D eigenvalue weighted by molar-refractivity contribution is 6.05. The standard InChI is InChI=1S/C24H25N5O/c1-27(2)23-21-11-7-14-28(21)16-19(26-23)20-10-5-6-15-29(20)24(30)22-18-9-4-3-8-17(18)12-13-25-22/h3-4,7-9,11-14,16,20H,5-6,10,15H2,1-2H3/t20-/m1/s1. The Morgan fingerprint density at radius 3 is 2.83 bits per heavy atom. The first-order valence-corrected chi connectivity index (χ1v) is 10.4. The molecule has 1 aromatic carbocycles. The summed E-state index contributed by atoms with van der Waals surface area (Å²) in [6, 6.07) is 13.9. The third-order valence-electron chi connectivity index (χ3n) is 5.92.